The van der Waals surface area contributed by atoms with Gasteiger partial charge in [-0.25, -0.2) is 4.79 Å². The molecular weight excluding hydrogens is 436 g/mol. The first-order valence-corrected chi connectivity index (χ1v) is 10.2. The van der Waals surface area contributed by atoms with Crippen LogP contribution < -0.4 is 20.1 Å². The number of ketones is 1. The normalized spacial score (nSPS) is 16.1. The van der Waals surface area contributed by atoms with Crippen molar-refractivity contribution in [3.63, 3.8) is 0 Å². The Labute approximate surface area is 178 Å². The zero-order chi connectivity index (χ0) is 21.0. The van der Waals surface area contributed by atoms with E-state index >= 15 is 0 Å². The van der Waals surface area contributed by atoms with Gasteiger partial charge in [-0.15, -0.1) is 0 Å². The Balaban J connectivity index is 2.18. The van der Waals surface area contributed by atoms with Gasteiger partial charge in [-0.05, 0) is 60.0 Å². The molecule has 0 saturated carbocycles. The predicted octanol–water partition coefficient (Wildman–Crippen LogP) is 4.60. The molecule has 0 spiro atoms. The third-order valence-corrected chi connectivity index (χ3v) is 5.06. The molecule has 0 radical (unpaired) electrons. The number of carbonyl (C=O) groups excluding carboxylic acids is 2. The maximum absolute atomic E-state index is 12.6. The van der Waals surface area contributed by atoms with Crippen LogP contribution in [0, 0.1) is 0 Å². The predicted molar refractivity (Wildman–Crippen MR) is 115 cm³/mol. The molecule has 1 heterocycles. The van der Waals surface area contributed by atoms with E-state index in [1.54, 1.807) is 6.07 Å². The van der Waals surface area contributed by atoms with Gasteiger partial charge >= 0.3 is 6.03 Å². The van der Waals surface area contributed by atoms with Gasteiger partial charge < -0.3 is 20.1 Å². The van der Waals surface area contributed by atoms with Crippen molar-refractivity contribution < 1.29 is 19.1 Å². The van der Waals surface area contributed by atoms with E-state index in [0.29, 0.717) is 40.5 Å². The van der Waals surface area contributed by atoms with Crippen LogP contribution in [0.5, 0.6) is 11.5 Å². The maximum atomic E-state index is 12.6. The van der Waals surface area contributed by atoms with E-state index < -0.39 is 6.04 Å². The van der Waals surface area contributed by atoms with Crippen LogP contribution in [0.15, 0.2) is 52.5 Å². The molecule has 3 rings (SSSR count). The standard InChI is InChI=1S/C22H23BrN2O4/c1-4-28-17-12-15(11-16(23)21(17)29-5-2)20-18(13(3)26)19(24-22(27)25-20)14-9-7-6-8-10-14/h6-12,20H,4-5H2,1-3H3,(H2,24,25,27)/t20-/m1/s1. The van der Waals surface area contributed by atoms with Crippen molar-refractivity contribution >= 4 is 33.4 Å². The van der Waals surface area contributed by atoms with Gasteiger partial charge in [-0.2, -0.15) is 0 Å². The van der Waals surface area contributed by atoms with E-state index in [-0.39, 0.29) is 11.8 Å². The zero-order valence-electron chi connectivity index (χ0n) is 16.5. The number of urea groups is 1. The lowest BCUT2D eigenvalue weighted by molar-refractivity contribution is -0.113. The van der Waals surface area contributed by atoms with Crippen molar-refractivity contribution in [3.8, 4) is 11.5 Å². The van der Waals surface area contributed by atoms with Crippen LogP contribution in [-0.2, 0) is 4.79 Å². The highest BCUT2D eigenvalue weighted by molar-refractivity contribution is 9.10. The number of carbonyl (C=O) groups is 2. The molecule has 2 aromatic carbocycles. The van der Waals surface area contributed by atoms with Crippen LogP contribution in [0.25, 0.3) is 5.70 Å². The second kappa shape index (κ2) is 9.13. The van der Waals surface area contributed by atoms with Gasteiger partial charge in [0, 0.05) is 5.57 Å². The quantitative estimate of drug-likeness (QED) is 0.635. The highest BCUT2D eigenvalue weighted by Gasteiger charge is 2.32. The molecule has 6 nitrogen and oxygen atoms in total. The zero-order valence-corrected chi connectivity index (χ0v) is 18.1. The van der Waals surface area contributed by atoms with Gasteiger partial charge in [0.15, 0.2) is 17.3 Å². The van der Waals surface area contributed by atoms with Gasteiger partial charge in [0.2, 0.25) is 0 Å². The average Bonchev–Trinajstić information content (AvgIpc) is 2.70. The van der Waals surface area contributed by atoms with Gasteiger partial charge in [-0.1, -0.05) is 30.3 Å². The molecule has 0 bridgehead atoms. The van der Waals surface area contributed by atoms with Crippen LogP contribution in [0.3, 0.4) is 0 Å². The number of halogens is 1. The summed E-state index contributed by atoms with van der Waals surface area (Å²) >= 11 is 3.53. The summed E-state index contributed by atoms with van der Waals surface area (Å²) in [5.41, 5.74) is 2.48. The molecule has 0 aromatic heterocycles. The minimum Gasteiger partial charge on any atom is -0.490 e. The Morgan fingerprint density at radius 2 is 1.79 bits per heavy atom. The number of nitrogens with one attached hydrogen (secondary N) is 2. The fourth-order valence-electron chi connectivity index (χ4n) is 3.33. The van der Waals surface area contributed by atoms with Crippen molar-refractivity contribution in [3.05, 3.63) is 63.6 Å². The lowest BCUT2D eigenvalue weighted by Gasteiger charge is -2.30. The lowest BCUT2D eigenvalue weighted by atomic mass is 9.90. The number of ether oxygens (including phenoxy) is 2. The highest BCUT2D eigenvalue weighted by Crippen LogP contribution is 2.41. The summed E-state index contributed by atoms with van der Waals surface area (Å²) < 4.78 is 12.1. The van der Waals surface area contributed by atoms with Gasteiger partial charge in [0.1, 0.15) is 0 Å². The molecular formula is C22H23BrN2O4. The first-order valence-electron chi connectivity index (χ1n) is 9.43. The monoisotopic (exact) mass is 458 g/mol. The van der Waals surface area contributed by atoms with Gasteiger partial charge in [-0.3, -0.25) is 4.79 Å². The average molecular weight is 459 g/mol. The molecule has 2 amide bonds. The molecule has 0 fully saturated rings. The second-order valence-corrected chi connectivity index (χ2v) is 7.29. The largest absolute Gasteiger partial charge is 0.490 e. The molecule has 0 unspecified atom stereocenters. The number of hydrogen-bond acceptors (Lipinski definition) is 4. The van der Waals surface area contributed by atoms with Gasteiger partial charge in [0.05, 0.1) is 29.4 Å². The van der Waals surface area contributed by atoms with E-state index in [0.717, 1.165) is 11.1 Å². The smallest absolute Gasteiger partial charge is 0.320 e. The number of rotatable bonds is 7. The van der Waals surface area contributed by atoms with Crippen molar-refractivity contribution in [2.45, 2.75) is 26.8 Å². The molecule has 2 aromatic rings. The summed E-state index contributed by atoms with van der Waals surface area (Å²) in [5.74, 6) is 1.01. The first-order chi connectivity index (χ1) is 14.0. The highest BCUT2D eigenvalue weighted by atomic mass is 79.9. The molecule has 1 atom stereocenters. The van der Waals surface area contributed by atoms with Crippen LogP contribution in [-0.4, -0.2) is 25.0 Å². The molecule has 0 saturated heterocycles. The molecule has 0 aliphatic carbocycles. The Kier molecular flexibility index (Phi) is 6.59. The topological polar surface area (TPSA) is 76.7 Å². The lowest BCUT2D eigenvalue weighted by Crippen LogP contribution is -2.44. The van der Waals surface area contributed by atoms with Gasteiger partial charge in [0.25, 0.3) is 0 Å². The maximum Gasteiger partial charge on any atom is 0.320 e. The Morgan fingerprint density at radius 3 is 2.41 bits per heavy atom. The second-order valence-electron chi connectivity index (χ2n) is 6.44. The molecule has 152 valence electrons. The number of Topliss-reactive ketones (excluding diaryl/α,β-unsaturated/α-hetero) is 1. The van der Waals surface area contributed by atoms with E-state index in [1.165, 1.54) is 6.92 Å². The number of amides is 2. The van der Waals surface area contributed by atoms with Crippen LogP contribution in [0.4, 0.5) is 4.79 Å². The molecule has 29 heavy (non-hydrogen) atoms. The Bertz CT molecular complexity index is 957. The molecule has 7 heteroatoms. The SMILES string of the molecule is CCOc1cc([C@H]2NC(=O)NC(c3ccccc3)=C2C(C)=O)cc(Br)c1OCC. The van der Waals surface area contributed by atoms with Crippen LogP contribution >= 0.6 is 15.9 Å². The number of benzene rings is 2. The minimum atomic E-state index is -0.623. The first kappa shape index (κ1) is 20.9. The van der Waals surface area contributed by atoms with E-state index in [4.69, 9.17) is 9.47 Å². The Morgan fingerprint density at radius 1 is 1.10 bits per heavy atom. The molecule has 2 N–H and O–H groups in total. The summed E-state index contributed by atoms with van der Waals surface area (Å²) in [7, 11) is 0. The van der Waals surface area contributed by atoms with E-state index in [9.17, 15) is 9.59 Å². The van der Waals surface area contributed by atoms with Crippen LogP contribution in [0.2, 0.25) is 0 Å². The van der Waals surface area contributed by atoms with E-state index in [1.807, 2.05) is 50.2 Å². The molecule has 1 aliphatic heterocycles. The Hall–Kier alpha value is -2.80. The van der Waals surface area contributed by atoms with Crippen molar-refractivity contribution in [1.29, 1.82) is 0 Å². The summed E-state index contributed by atoms with van der Waals surface area (Å²) in [6, 6.07) is 12.0. The summed E-state index contributed by atoms with van der Waals surface area (Å²) in [4.78, 5) is 25.0. The minimum absolute atomic E-state index is 0.135. The van der Waals surface area contributed by atoms with E-state index in [2.05, 4.69) is 26.6 Å². The fourth-order valence-corrected chi connectivity index (χ4v) is 3.90. The third-order valence-electron chi connectivity index (χ3n) is 4.47. The summed E-state index contributed by atoms with van der Waals surface area (Å²) in [6.07, 6.45) is 0. The fraction of sp³-hybridized carbons (Fsp3) is 0.273. The van der Waals surface area contributed by atoms with Crippen molar-refractivity contribution in [2.24, 2.45) is 0 Å². The molecule has 1 aliphatic rings. The summed E-state index contributed by atoms with van der Waals surface area (Å²) in [5, 5.41) is 5.66. The number of hydrogen-bond donors (Lipinski definition) is 2. The van der Waals surface area contributed by atoms with Crippen LogP contribution in [0.1, 0.15) is 37.9 Å². The van der Waals surface area contributed by atoms with Crippen molar-refractivity contribution in [1.82, 2.24) is 10.6 Å². The van der Waals surface area contributed by atoms with Crippen molar-refractivity contribution in [2.75, 3.05) is 13.2 Å². The third kappa shape index (κ3) is 4.45. The summed E-state index contributed by atoms with van der Waals surface area (Å²) in [6.45, 7) is 6.22.